The highest BCUT2D eigenvalue weighted by Gasteiger charge is 2.63. The van der Waals surface area contributed by atoms with Gasteiger partial charge in [0.05, 0.1) is 25.7 Å². The molecule has 0 aliphatic carbocycles. The molecule has 2 aliphatic rings. The molecule has 3 heterocycles. The van der Waals surface area contributed by atoms with Crippen molar-refractivity contribution in [2.45, 2.75) is 44.3 Å². The zero-order valence-corrected chi connectivity index (χ0v) is 18.3. The highest BCUT2D eigenvalue weighted by atomic mass is 19.3. The molecule has 2 fully saturated rings. The van der Waals surface area contributed by atoms with Gasteiger partial charge in [0.2, 0.25) is 11.9 Å². The molecule has 2 atom stereocenters. The summed E-state index contributed by atoms with van der Waals surface area (Å²) in [6.45, 7) is 2.25. The van der Waals surface area contributed by atoms with Crippen molar-refractivity contribution in [2.75, 3.05) is 36.0 Å². The number of nitrogens with zero attached hydrogens (tertiary/aromatic N) is 4. The zero-order chi connectivity index (χ0) is 23.8. The smallest absolute Gasteiger partial charge is 0.329 e. The largest absolute Gasteiger partial charge is 0.489 e. The first-order valence-electron chi connectivity index (χ1n) is 10.7. The fraction of sp³-hybridized carbons (Fsp3) is 0.500. The lowest BCUT2D eigenvalue weighted by molar-refractivity contribution is -0.172. The van der Waals surface area contributed by atoms with E-state index in [0.29, 0.717) is 31.1 Å². The van der Waals surface area contributed by atoms with Crippen LogP contribution in [0.3, 0.4) is 0 Å². The van der Waals surface area contributed by atoms with Crippen LogP contribution in [0.2, 0.25) is 0 Å². The van der Waals surface area contributed by atoms with E-state index in [1.54, 1.807) is 6.07 Å². The SMILES string of the molecule is CC(=O)N[C@@H](C)c1ccc(O[C@@H]2CCN(c3ccnc(N4CC(F)(F)C(F)(F)C4)n3)C2)cc1. The monoisotopic (exact) mass is 467 g/mol. The number of alkyl halides is 4. The Kier molecular flexibility index (Phi) is 6.06. The maximum absolute atomic E-state index is 13.5. The lowest BCUT2D eigenvalue weighted by Gasteiger charge is -2.21. The van der Waals surface area contributed by atoms with Crippen molar-refractivity contribution < 1.29 is 27.1 Å². The zero-order valence-electron chi connectivity index (χ0n) is 18.3. The molecule has 11 heteroatoms. The highest BCUT2D eigenvalue weighted by molar-refractivity contribution is 5.73. The molecule has 2 aromatic rings. The fourth-order valence-electron chi connectivity index (χ4n) is 4.02. The second kappa shape index (κ2) is 8.68. The summed E-state index contributed by atoms with van der Waals surface area (Å²) >= 11 is 0. The van der Waals surface area contributed by atoms with Gasteiger partial charge in [-0.15, -0.1) is 0 Å². The van der Waals surface area contributed by atoms with Crippen LogP contribution in [-0.2, 0) is 4.79 Å². The molecule has 0 bridgehead atoms. The van der Waals surface area contributed by atoms with E-state index in [1.807, 2.05) is 36.1 Å². The van der Waals surface area contributed by atoms with Gasteiger partial charge in [-0.05, 0) is 30.7 Å². The minimum Gasteiger partial charge on any atom is -0.489 e. The van der Waals surface area contributed by atoms with E-state index in [2.05, 4.69) is 15.3 Å². The third-order valence-electron chi connectivity index (χ3n) is 5.80. The third kappa shape index (κ3) is 4.96. The van der Waals surface area contributed by atoms with Crippen LogP contribution >= 0.6 is 0 Å². The predicted octanol–water partition coefficient (Wildman–Crippen LogP) is 3.42. The first-order chi connectivity index (χ1) is 15.5. The molecule has 0 saturated carbocycles. The van der Waals surface area contributed by atoms with Crippen LogP contribution in [-0.4, -0.2) is 60.0 Å². The molecule has 0 radical (unpaired) electrons. The van der Waals surface area contributed by atoms with E-state index in [4.69, 9.17) is 4.74 Å². The number of hydrogen-bond donors (Lipinski definition) is 1. The van der Waals surface area contributed by atoms with E-state index >= 15 is 0 Å². The number of carbonyl (C=O) groups excluding carboxylic acids is 1. The number of nitrogens with one attached hydrogen (secondary N) is 1. The molecule has 7 nitrogen and oxygen atoms in total. The van der Waals surface area contributed by atoms with Gasteiger partial charge < -0.3 is 19.9 Å². The minimum atomic E-state index is -4.12. The lowest BCUT2D eigenvalue weighted by atomic mass is 10.1. The number of anilines is 2. The average Bonchev–Trinajstić information content (AvgIpc) is 3.29. The molecule has 33 heavy (non-hydrogen) atoms. The summed E-state index contributed by atoms with van der Waals surface area (Å²) in [5.74, 6) is -7.32. The van der Waals surface area contributed by atoms with Gasteiger partial charge in [0.1, 0.15) is 17.7 Å². The van der Waals surface area contributed by atoms with Crippen LogP contribution in [0.25, 0.3) is 0 Å². The molecular weight excluding hydrogens is 442 g/mol. The number of amides is 1. The maximum atomic E-state index is 13.5. The maximum Gasteiger partial charge on any atom is 0.329 e. The summed E-state index contributed by atoms with van der Waals surface area (Å²) in [7, 11) is 0. The van der Waals surface area contributed by atoms with Crippen molar-refractivity contribution in [3.05, 3.63) is 42.1 Å². The number of carbonyl (C=O) groups is 1. The van der Waals surface area contributed by atoms with Gasteiger partial charge in [-0.2, -0.15) is 22.5 Å². The Balaban J connectivity index is 1.37. The molecule has 1 aromatic carbocycles. The van der Waals surface area contributed by atoms with Crippen molar-refractivity contribution in [3.8, 4) is 5.75 Å². The topological polar surface area (TPSA) is 70.6 Å². The fourth-order valence-corrected chi connectivity index (χ4v) is 4.02. The standard InChI is InChI=1S/C22H25F4N5O2/c1-14(28-15(2)32)16-3-5-17(6-4-16)33-18-8-10-30(11-18)19-7-9-27-20(29-19)31-12-21(23,24)22(25,26)13-31/h3-7,9,14,18H,8,10-13H2,1-2H3,(H,28,32)/t14-,18+/m0/s1. The van der Waals surface area contributed by atoms with Crippen LogP contribution in [0.1, 0.15) is 31.9 Å². The van der Waals surface area contributed by atoms with Gasteiger partial charge in [0.15, 0.2) is 0 Å². The van der Waals surface area contributed by atoms with E-state index in [0.717, 1.165) is 10.5 Å². The van der Waals surface area contributed by atoms with Gasteiger partial charge in [0.25, 0.3) is 0 Å². The third-order valence-corrected chi connectivity index (χ3v) is 5.80. The molecule has 1 amide bonds. The molecule has 0 spiro atoms. The van der Waals surface area contributed by atoms with Gasteiger partial charge in [-0.25, -0.2) is 4.98 Å². The Morgan fingerprint density at radius 1 is 1.12 bits per heavy atom. The number of rotatable bonds is 6. The molecule has 4 rings (SSSR count). The van der Waals surface area contributed by atoms with Crippen molar-refractivity contribution in [3.63, 3.8) is 0 Å². The second-order valence-electron chi connectivity index (χ2n) is 8.45. The van der Waals surface area contributed by atoms with Crippen LogP contribution in [0.4, 0.5) is 29.3 Å². The summed E-state index contributed by atoms with van der Waals surface area (Å²) in [5.41, 5.74) is 0.956. The first kappa shape index (κ1) is 23.1. The summed E-state index contributed by atoms with van der Waals surface area (Å²) in [6.07, 6.45) is 1.97. The molecular formula is C22H25F4N5O2. The highest BCUT2D eigenvalue weighted by Crippen LogP contribution is 2.42. The second-order valence-corrected chi connectivity index (χ2v) is 8.45. The Hall–Kier alpha value is -3.11. The van der Waals surface area contributed by atoms with Crippen molar-refractivity contribution in [2.24, 2.45) is 0 Å². The number of aromatic nitrogens is 2. The molecule has 1 aromatic heterocycles. The van der Waals surface area contributed by atoms with E-state index in [-0.39, 0.29) is 24.0 Å². The Morgan fingerprint density at radius 3 is 2.42 bits per heavy atom. The Bertz CT molecular complexity index is 989. The molecule has 178 valence electrons. The summed E-state index contributed by atoms with van der Waals surface area (Å²) in [4.78, 5) is 22.1. The van der Waals surface area contributed by atoms with Gasteiger partial charge in [-0.3, -0.25) is 4.79 Å². The van der Waals surface area contributed by atoms with Crippen LogP contribution in [0.15, 0.2) is 36.5 Å². The quantitative estimate of drug-likeness (QED) is 0.657. The van der Waals surface area contributed by atoms with E-state index < -0.39 is 24.9 Å². The van der Waals surface area contributed by atoms with Crippen LogP contribution in [0, 0.1) is 0 Å². The van der Waals surface area contributed by atoms with Crippen molar-refractivity contribution in [1.29, 1.82) is 0 Å². The Labute approximate surface area is 188 Å². The lowest BCUT2D eigenvalue weighted by Crippen LogP contribution is -2.38. The summed E-state index contributed by atoms with van der Waals surface area (Å²) in [5, 5.41) is 2.82. The normalized spacial score (nSPS) is 22.3. The number of hydrogen-bond acceptors (Lipinski definition) is 6. The van der Waals surface area contributed by atoms with Crippen LogP contribution < -0.4 is 19.9 Å². The molecule has 2 saturated heterocycles. The molecule has 0 unspecified atom stereocenters. The van der Waals surface area contributed by atoms with E-state index in [1.165, 1.54) is 13.1 Å². The van der Waals surface area contributed by atoms with E-state index in [9.17, 15) is 22.4 Å². The summed E-state index contributed by atoms with van der Waals surface area (Å²) < 4.78 is 60.2. The number of halogens is 4. The van der Waals surface area contributed by atoms with Crippen molar-refractivity contribution >= 4 is 17.7 Å². The summed E-state index contributed by atoms with van der Waals surface area (Å²) in [6, 6.07) is 8.97. The van der Waals surface area contributed by atoms with Gasteiger partial charge in [0, 0.05) is 26.1 Å². The Morgan fingerprint density at radius 2 is 1.79 bits per heavy atom. The molecule has 1 N–H and O–H groups in total. The van der Waals surface area contributed by atoms with Crippen molar-refractivity contribution in [1.82, 2.24) is 15.3 Å². The minimum absolute atomic E-state index is 0.103. The molecule has 2 aliphatic heterocycles. The van der Waals surface area contributed by atoms with Gasteiger partial charge >= 0.3 is 11.8 Å². The van der Waals surface area contributed by atoms with Gasteiger partial charge in [-0.1, -0.05) is 12.1 Å². The van der Waals surface area contributed by atoms with Crippen LogP contribution in [0.5, 0.6) is 5.75 Å². The first-order valence-corrected chi connectivity index (χ1v) is 10.7. The average molecular weight is 467 g/mol. The predicted molar refractivity (Wildman–Crippen MR) is 114 cm³/mol. The number of ether oxygens (including phenoxy) is 1. The number of benzene rings is 1.